The summed E-state index contributed by atoms with van der Waals surface area (Å²) in [5.41, 5.74) is 2.63. The average molecular weight is 489 g/mol. The van der Waals surface area contributed by atoms with E-state index in [9.17, 15) is 9.59 Å². The quantitative estimate of drug-likeness (QED) is 0.421. The molecule has 2 aromatic heterocycles. The van der Waals surface area contributed by atoms with Crippen molar-refractivity contribution in [3.05, 3.63) is 100 Å². The van der Waals surface area contributed by atoms with E-state index in [4.69, 9.17) is 16.0 Å². The van der Waals surface area contributed by atoms with Gasteiger partial charge in [0.2, 0.25) is 5.91 Å². The van der Waals surface area contributed by atoms with E-state index in [2.05, 4.69) is 10.4 Å². The molecule has 2 aromatic carbocycles. The molecular weight excluding hydrogens is 464 g/mol. The van der Waals surface area contributed by atoms with Crippen molar-refractivity contribution in [2.75, 3.05) is 0 Å². The minimum absolute atomic E-state index is 0.189. The molecule has 0 radical (unpaired) electrons. The molecule has 0 bridgehead atoms. The number of aryl methyl sites for hydroxylation is 1. The molecular formula is C27H25ClN4O3. The summed E-state index contributed by atoms with van der Waals surface area (Å²) in [6.45, 7) is 4.52. The van der Waals surface area contributed by atoms with Gasteiger partial charge in [0.05, 0.1) is 12.8 Å². The molecule has 0 unspecified atom stereocenters. The van der Waals surface area contributed by atoms with Crippen LogP contribution in [-0.4, -0.2) is 32.0 Å². The second-order valence-corrected chi connectivity index (χ2v) is 9.38. The molecule has 0 aliphatic carbocycles. The van der Waals surface area contributed by atoms with Crippen LogP contribution < -0.4 is 5.32 Å². The fourth-order valence-electron chi connectivity index (χ4n) is 4.31. The largest absolute Gasteiger partial charge is 0.463 e. The smallest absolute Gasteiger partial charge is 0.273 e. The predicted octanol–water partition coefficient (Wildman–Crippen LogP) is 4.84. The molecule has 8 heteroatoms. The lowest BCUT2D eigenvalue weighted by atomic mass is 9.94. The Morgan fingerprint density at radius 2 is 1.91 bits per heavy atom. The van der Waals surface area contributed by atoms with Gasteiger partial charge in [0.15, 0.2) is 5.76 Å². The van der Waals surface area contributed by atoms with Crippen molar-refractivity contribution >= 4 is 23.4 Å². The van der Waals surface area contributed by atoms with Gasteiger partial charge in [-0.2, -0.15) is 5.10 Å². The van der Waals surface area contributed by atoms with Gasteiger partial charge in [0, 0.05) is 24.2 Å². The second-order valence-electron chi connectivity index (χ2n) is 8.97. The number of halogens is 1. The Kier molecular flexibility index (Phi) is 5.94. The third-order valence-electron chi connectivity index (χ3n) is 6.42. The first-order chi connectivity index (χ1) is 16.8. The van der Waals surface area contributed by atoms with Crippen molar-refractivity contribution in [1.29, 1.82) is 0 Å². The van der Waals surface area contributed by atoms with E-state index in [-0.39, 0.29) is 24.9 Å². The van der Waals surface area contributed by atoms with Crippen LogP contribution >= 0.6 is 11.6 Å². The number of aromatic nitrogens is 2. The first-order valence-electron chi connectivity index (χ1n) is 11.4. The normalized spacial score (nSPS) is 17.3. The molecule has 4 aromatic rings. The van der Waals surface area contributed by atoms with Crippen molar-refractivity contribution in [3.63, 3.8) is 0 Å². The molecule has 1 atom stereocenters. The SMILES string of the molecule is Cc1ccc(CNC(=O)[C@]2(C)Cn3nc(-c4ccco4)cc3C(=O)N2Cc2ccccc2Cl)cc1. The Bertz CT molecular complexity index is 1380. The highest BCUT2D eigenvalue weighted by Crippen LogP contribution is 2.32. The molecule has 0 saturated heterocycles. The highest BCUT2D eigenvalue weighted by molar-refractivity contribution is 6.31. The molecule has 3 heterocycles. The van der Waals surface area contributed by atoms with Gasteiger partial charge in [-0.1, -0.05) is 59.6 Å². The Morgan fingerprint density at radius 3 is 2.63 bits per heavy atom. The first-order valence-corrected chi connectivity index (χ1v) is 11.7. The van der Waals surface area contributed by atoms with Gasteiger partial charge < -0.3 is 14.6 Å². The fourth-order valence-corrected chi connectivity index (χ4v) is 4.51. The number of hydrogen-bond acceptors (Lipinski definition) is 4. The van der Waals surface area contributed by atoms with Crippen LogP contribution in [0, 0.1) is 6.92 Å². The highest BCUT2D eigenvalue weighted by Gasteiger charge is 2.48. The van der Waals surface area contributed by atoms with Crippen LogP contribution in [0.3, 0.4) is 0 Å². The number of rotatable bonds is 6. The summed E-state index contributed by atoms with van der Waals surface area (Å²) < 4.78 is 7.06. The van der Waals surface area contributed by atoms with Crippen molar-refractivity contribution in [1.82, 2.24) is 20.0 Å². The van der Waals surface area contributed by atoms with Crippen molar-refractivity contribution < 1.29 is 14.0 Å². The van der Waals surface area contributed by atoms with Crippen molar-refractivity contribution in [2.24, 2.45) is 0 Å². The molecule has 7 nitrogen and oxygen atoms in total. The molecule has 0 fully saturated rings. The summed E-state index contributed by atoms with van der Waals surface area (Å²) in [5.74, 6) is -0.00322. The molecule has 35 heavy (non-hydrogen) atoms. The van der Waals surface area contributed by atoms with Crippen LogP contribution in [0.1, 0.15) is 34.1 Å². The lowest BCUT2D eigenvalue weighted by Gasteiger charge is -2.43. The Morgan fingerprint density at radius 1 is 1.14 bits per heavy atom. The number of carbonyl (C=O) groups is 2. The van der Waals surface area contributed by atoms with Gasteiger partial charge in [-0.15, -0.1) is 0 Å². The van der Waals surface area contributed by atoms with Gasteiger partial charge in [-0.05, 0) is 43.2 Å². The van der Waals surface area contributed by atoms with Crippen molar-refractivity contribution in [2.45, 2.75) is 39.0 Å². The monoisotopic (exact) mass is 488 g/mol. The summed E-state index contributed by atoms with van der Waals surface area (Å²) in [6, 6.07) is 20.6. The first kappa shape index (κ1) is 22.9. The van der Waals surface area contributed by atoms with Crippen LogP contribution in [0.2, 0.25) is 5.02 Å². The summed E-state index contributed by atoms with van der Waals surface area (Å²) in [6.07, 6.45) is 1.56. The van der Waals surface area contributed by atoms with Crippen LogP contribution in [-0.2, 0) is 24.4 Å². The molecule has 5 rings (SSSR count). The average Bonchev–Trinajstić information content (AvgIpc) is 3.52. The van der Waals surface area contributed by atoms with Gasteiger partial charge in [0.1, 0.15) is 16.9 Å². The Labute approximate surface area is 208 Å². The number of carbonyl (C=O) groups excluding carboxylic acids is 2. The minimum Gasteiger partial charge on any atom is -0.463 e. The van der Waals surface area contributed by atoms with E-state index in [0.717, 1.165) is 16.7 Å². The van der Waals surface area contributed by atoms with E-state index < -0.39 is 5.54 Å². The number of nitrogens with zero attached hydrogens (tertiary/aromatic N) is 3. The van der Waals surface area contributed by atoms with Crippen LogP contribution in [0.15, 0.2) is 77.4 Å². The van der Waals surface area contributed by atoms with E-state index in [1.807, 2.05) is 49.4 Å². The van der Waals surface area contributed by atoms with E-state index in [1.165, 1.54) is 0 Å². The molecule has 1 aliphatic heterocycles. The topological polar surface area (TPSA) is 80.4 Å². The summed E-state index contributed by atoms with van der Waals surface area (Å²) >= 11 is 6.42. The van der Waals surface area contributed by atoms with Crippen LogP contribution in [0.4, 0.5) is 0 Å². The number of amides is 2. The van der Waals surface area contributed by atoms with Gasteiger partial charge in [-0.3, -0.25) is 14.3 Å². The van der Waals surface area contributed by atoms with E-state index in [0.29, 0.717) is 28.7 Å². The van der Waals surface area contributed by atoms with Gasteiger partial charge in [0.25, 0.3) is 5.91 Å². The van der Waals surface area contributed by atoms with E-state index in [1.54, 1.807) is 47.0 Å². The van der Waals surface area contributed by atoms with Gasteiger partial charge >= 0.3 is 0 Å². The number of nitrogens with one attached hydrogen (secondary N) is 1. The molecule has 1 aliphatic rings. The number of furan rings is 1. The summed E-state index contributed by atoms with van der Waals surface area (Å²) in [5, 5.41) is 8.14. The Hall–Kier alpha value is -3.84. The second kappa shape index (κ2) is 9.07. The standard InChI is InChI=1S/C27H25ClN4O3/c1-18-9-11-19(12-10-18)15-29-26(34)27(2)17-32-23(14-22(30-32)24-8-5-13-35-24)25(33)31(27)16-20-6-3-4-7-21(20)28/h3-14H,15-17H2,1-2H3,(H,29,34)/t27-/m0/s1. The van der Waals surface area contributed by atoms with Crippen LogP contribution in [0.25, 0.3) is 11.5 Å². The molecule has 0 saturated carbocycles. The van der Waals surface area contributed by atoms with Crippen molar-refractivity contribution in [3.8, 4) is 11.5 Å². The van der Waals surface area contributed by atoms with Gasteiger partial charge in [-0.25, -0.2) is 0 Å². The zero-order valence-corrected chi connectivity index (χ0v) is 20.2. The maximum Gasteiger partial charge on any atom is 0.273 e. The number of fused-ring (bicyclic) bond motifs is 1. The van der Waals surface area contributed by atoms with Crippen LogP contribution in [0.5, 0.6) is 0 Å². The fraction of sp³-hybridized carbons (Fsp3) is 0.222. The number of benzene rings is 2. The Balaban J connectivity index is 1.49. The maximum atomic E-state index is 13.8. The molecule has 0 spiro atoms. The molecule has 1 N–H and O–H groups in total. The minimum atomic E-state index is -1.19. The summed E-state index contributed by atoms with van der Waals surface area (Å²) in [4.78, 5) is 29.0. The highest BCUT2D eigenvalue weighted by atomic mass is 35.5. The van der Waals surface area contributed by atoms with E-state index >= 15 is 0 Å². The molecule has 2 amide bonds. The lowest BCUT2D eigenvalue weighted by molar-refractivity contribution is -0.133. The zero-order valence-electron chi connectivity index (χ0n) is 19.5. The third-order valence-corrected chi connectivity index (χ3v) is 6.79. The number of hydrogen-bond donors (Lipinski definition) is 1. The third kappa shape index (κ3) is 4.35. The zero-order chi connectivity index (χ0) is 24.6. The lowest BCUT2D eigenvalue weighted by Crippen LogP contribution is -2.63. The predicted molar refractivity (Wildman–Crippen MR) is 133 cm³/mol. The summed E-state index contributed by atoms with van der Waals surface area (Å²) in [7, 11) is 0. The maximum absolute atomic E-state index is 13.8. The molecule has 178 valence electrons.